The molecule has 0 fully saturated rings. The van der Waals surface area contributed by atoms with Gasteiger partial charge in [0.25, 0.3) is 0 Å². The summed E-state index contributed by atoms with van der Waals surface area (Å²) in [5.74, 6) is 0.0796. The third kappa shape index (κ3) is 8.17. The van der Waals surface area contributed by atoms with Gasteiger partial charge in [-0.05, 0) is 44.0 Å². The van der Waals surface area contributed by atoms with Crippen LogP contribution in [0, 0.1) is 0 Å². The van der Waals surface area contributed by atoms with E-state index in [4.69, 9.17) is 10.5 Å². The second kappa shape index (κ2) is 12.8. The van der Waals surface area contributed by atoms with E-state index in [2.05, 4.69) is 20.7 Å². The monoisotopic (exact) mass is 442 g/mol. The molecule has 32 heavy (non-hydrogen) atoms. The highest BCUT2D eigenvalue weighted by Gasteiger charge is 2.21. The van der Waals surface area contributed by atoms with Gasteiger partial charge in [-0.3, -0.25) is 9.59 Å². The summed E-state index contributed by atoms with van der Waals surface area (Å²) in [5, 5.41) is 8.08. The Bertz CT molecular complexity index is 919. The summed E-state index contributed by atoms with van der Waals surface area (Å²) in [6.45, 7) is 2.38. The van der Waals surface area contributed by atoms with E-state index >= 15 is 0 Å². The molecule has 1 unspecified atom stereocenters. The molecule has 5 N–H and O–H groups in total. The van der Waals surface area contributed by atoms with Crippen molar-refractivity contribution in [1.82, 2.24) is 5.32 Å². The highest BCUT2D eigenvalue weighted by atomic mass is 16.5. The maximum Gasteiger partial charge on any atom is 0.407 e. The van der Waals surface area contributed by atoms with Gasteiger partial charge in [0.2, 0.25) is 11.8 Å². The summed E-state index contributed by atoms with van der Waals surface area (Å²) in [7, 11) is 1.23. The number of unbranched alkanes of at least 4 members (excludes halogenated alkanes) is 1. The van der Waals surface area contributed by atoms with Gasteiger partial charge in [0, 0.05) is 18.2 Å². The molecule has 0 saturated carbocycles. The Morgan fingerprint density at radius 2 is 1.81 bits per heavy atom. The summed E-state index contributed by atoms with van der Waals surface area (Å²) in [6, 6.07) is 13.2. The minimum atomic E-state index is -0.814. The van der Waals surface area contributed by atoms with Crippen molar-refractivity contribution >= 4 is 35.0 Å². The van der Waals surface area contributed by atoms with Gasteiger partial charge in [0.15, 0.2) is 0 Å². The lowest BCUT2D eigenvalue weighted by Gasteiger charge is -2.18. The number of nitrogens with two attached hydrogens (primary N) is 1. The number of anilines is 3. The van der Waals surface area contributed by atoms with Crippen molar-refractivity contribution in [3.8, 4) is 5.75 Å². The molecule has 2 aromatic rings. The van der Waals surface area contributed by atoms with Crippen LogP contribution in [0.1, 0.15) is 32.6 Å². The molecule has 9 heteroatoms. The molecule has 0 aliphatic heterocycles. The largest absolute Gasteiger partial charge is 0.494 e. The van der Waals surface area contributed by atoms with E-state index in [-0.39, 0.29) is 18.2 Å². The van der Waals surface area contributed by atoms with E-state index in [1.54, 1.807) is 48.5 Å². The molecule has 0 saturated heterocycles. The second-order valence-electron chi connectivity index (χ2n) is 7.02. The highest BCUT2D eigenvalue weighted by molar-refractivity contribution is 5.96. The fourth-order valence-electron chi connectivity index (χ4n) is 2.99. The molecule has 1 atom stereocenters. The number of alkyl carbamates (subject to hydrolysis) is 1. The molecule has 3 amide bonds. The van der Waals surface area contributed by atoms with Crippen LogP contribution in [0.2, 0.25) is 0 Å². The Labute approximate surface area is 187 Å². The van der Waals surface area contributed by atoms with E-state index < -0.39 is 12.1 Å². The van der Waals surface area contributed by atoms with Crippen LogP contribution >= 0.6 is 0 Å². The highest BCUT2D eigenvalue weighted by Crippen LogP contribution is 2.19. The Hall–Kier alpha value is -3.75. The molecule has 172 valence electrons. The van der Waals surface area contributed by atoms with Crippen LogP contribution < -0.4 is 26.4 Å². The number of nitrogens with one attached hydrogen (secondary N) is 3. The van der Waals surface area contributed by atoms with Crippen molar-refractivity contribution < 1.29 is 23.9 Å². The van der Waals surface area contributed by atoms with Crippen molar-refractivity contribution in [2.24, 2.45) is 0 Å². The summed E-state index contributed by atoms with van der Waals surface area (Å²) in [5.41, 5.74) is 7.44. The maximum absolute atomic E-state index is 12.7. The lowest BCUT2D eigenvalue weighted by molar-refractivity contribution is -0.118. The molecule has 0 bridgehead atoms. The predicted molar refractivity (Wildman–Crippen MR) is 124 cm³/mol. The van der Waals surface area contributed by atoms with Gasteiger partial charge in [-0.15, -0.1) is 0 Å². The molecular weight excluding hydrogens is 412 g/mol. The topological polar surface area (TPSA) is 132 Å². The zero-order valence-electron chi connectivity index (χ0n) is 18.4. The first-order valence-electron chi connectivity index (χ1n) is 10.5. The lowest BCUT2D eigenvalue weighted by Crippen LogP contribution is -2.43. The van der Waals surface area contributed by atoms with Crippen LogP contribution in [0.3, 0.4) is 0 Å². The molecule has 0 spiro atoms. The first kappa shape index (κ1) is 24.5. The van der Waals surface area contributed by atoms with Crippen LogP contribution in [0.15, 0.2) is 48.5 Å². The predicted octanol–water partition coefficient (Wildman–Crippen LogP) is 3.53. The SMILES string of the molecule is CCOc1cccc(NC(=O)C(CCCCC(=O)Nc2ccccc2N)NC(=O)OC)c1. The third-order valence-electron chi connectivity index (χ3n) is 4.59. The van der Waals surface area contributed by atoms with Crippen molar-refractivity contribution in [1.29, 1.82) is 0 Å². The minimum absolute atomic E-state index is 0.169. The Kier molecular flexibility index (Phi) is 9.83. The van der Waals surface area contributed by atoms with Gasteiger partial charge in [-0.1, -0.05) is 24.6 Å². The van der Waals surface area contributed by atoms with Crippen LogP contribution in [-0.2, 0) is 14.3 Å². The number of para-hydroxylation sites is 2. The Morgan fingerprint density at radius 1 is 1.03 bits per heavy atom. The summed E-state index contributed by atoms with van der Waals surface area (Å²) in [6.07, 6.45) is 0.971. The number of nitrogen functional groups attached to an aromatic ring is 1. The molecule has 0 heterocycles. The molecule has 0 aliphatic carbocycles. The zero-order valence-corrected chi connectivity index (χ0v) is 18.4. The molecule has 0 aromatic heterocycles. The summed E-state index contributed by atoms with van der Waals surface area (Å²) < 4.78 is 10.1. The third-order valence-corrected chi connectivity index (χ3v) is 4.59. The first-order chi connectivity index (χ1) is 15.4. The van der Waals surface area contributed by atoms with Crippen LogP contribution in [-0.4, -0.2) is 37.7 Å². The number of carbonyl (C=O) groups excluding carboxylic acids is 3. The Balaban J connectivity index is 1.87. The van der Waals surface area contributed by atoms with E-state index in [0.717, 1.165) is 0 Å². The molecule has 2 rings (SSSR count). The average molecular weight is 443 g/mol. The minimum Gasteiger partial charge on any atom is -0.494 e. The first-order valence-corrected chi connectivity index (χ1v) is 10.5. The smallest absolute Gasteiger partial charge is 0.407 e. The quantitative estimate of drug-likeness (QED) is 0.311. The van der Waals surface area contributed by atoms with Crippen molar-refractivity contribution in [3.63, 3.8) is 0 Å². The van der Waals surface area contributed by atoms with Gasteiger partial charge < -0.3 is 31.2 Å². The summed E-state index contributed by atoms with van der Waals surface area (Å²) >= 11 is 0. The van der Waals surface area contributed by atoms with Crippen molar-refractivity contribution in [2.45, 2.75) is 38.6 Å². The number of ether oxygens (including phenoxy) is 2. The molecule has 0 radical (unpaired) electrons. The van der Waals surface area contributed by atoms with Gasteiger partial charge in [-0.25, -0.2) is 4.79 Å². The fourth-order valence-corrected chi connectivity index (χ4v) is 2.99. The number of amides is 3. The number of hydrogen-bond acceptors (Lipinski definition) is 6. The van der Waals surface area contributed by atoms with Crippen LogP contribution in [0.4, 0.5) is 21.9 Å². The second-order valence-corrected chi connectivity index (χ2v) is 7.02. The number of rotatable bonds is 11. The molecule has 0 aliphatic rings. The normalized spacial score (nSPS) is 11.2. The zero-order chi connectivity index (χ0) is 23.3. The van der Waals surface area contributed by atoms with E-state index in [0.29, 0.717) is 48.7 Å². The summed E-state index contributed by atoms with van der Waals surface area (Å²) in [4.78, 5) is 36.6. The number of methoxy groups -OCH3 is 1. The number of hydrogen-bond donors (Lipinski definition) is 4. The van der Waals surface area contributed by atoms with Crippen LogP contribution in [0.5, 0.6) is 5.75 Å². The number of benzene rings is 2. The lowest BCUT2D eigenvalue weighted by atomic mass is 10.1. The molecule has 2 aromatic carbocycles. The van der Waals surface area contributed by atoms with Gasteiger partial charge in [0.05, 0.1) is 25.1 Å². The Morgan fingerprint density at radius 3 is 2.53 bits per heavy atom. The van der Waals surface area contributed by atoms with Crippen molar-refractivity contribution in [3.05, 3.63) is 48.5 Å². The van der Waals surface area contributed by atoms with Gasteiger partial charge in [0.1, 0.15) is 11.8 Å². The van der Waals surface area contributed by atoms with E-state index in [1.807, 2.05) is 6.92 Å². The fraction of sp³-hybridized carbons (Fsp3) is 0.348. The van der Waals surface area contributed by atoms with E-state index in [9.17, 15) is 14.4 Å². The van der Waals surface area contributed by atoms with Gasteiger partial charge >= 0.3 is 6.09 Å². The van der Waals surface area contributed by atoms with Crippen molar-refractivity contribution in [2.75, 3.05) is 30.1 Å². The van der Waals surface area contributed by atoms with Gasteiger partial charge in [-0.2, -0.15) is 0 Å². The number of carbonyl (C=O) groups is 3. The average Bonchev–Trinajstić information content (AvgIpc) is 2.77. The van der Waals surface area contributed by atoms with Crippen LogP contribution in [0.25, 0.3) is 0 Å². The maximum atomic E-state index is 12.7. The molecule has 9 nitrogen and oxygen atoms in total. The van der Waals surface area contributed by atoms with E-state index in [1.165, 1.54) is 7.11 Å². The standard InChI is InChI=1S/C23H30N4O5/c1-3-32-17-10-8-9-16(15-17)25-22(29)20(27-23(30)31-2)13-6-7-14-21(28)26-19-12-5-4-11-18(19)24/h4-5,8-12,15,20H,3,6-7,13-14,24H2,1-2H3,(H,25,29)(H,26,28)(H,27,30). The molecular formula is C23H30N4O5.